The molecule has 0 saturated heterocycles. The van der Waals surface area contributed by atoms with E-state index in [-0.39, 0.29) is 5.92 Å². The second-order valence-electron chi connectivity index (χ2n) is 5.01. The molecule has 0 radical (unpaired) electrons. The molecule has 1 aromatic rings. The van der Waals surface area contributed by atoms with E-state index < -0.39 is 24.0 Å². The average Bonchev–Trinajstić information content (AvgIpc) is 2.44. The van der Waals surface area contributed by atoms with Crippen LogP contribution in [0.25, 0.3) is 0 Å². The topological polar surface area (TPSA) is 92.4 Å². The van der Waals surface area contributed by atoms with Gasteiger partial charge in [-0.05, 0) is 17.9 Å². The molecular formula is C15H22N2O3. The Bertz CT molecular complexity index is 448. The lowest BCUT2D eigenvalue weighted by Gasteiger charge is -2.22. The van der Waals surface area contributed by atoms with Gasteiger partial charge < -0.3 is 16.2 Å². The van der Waals surface area contributed by atoms with Crippen LogP contribution < -0.4 is 11.1 Å². The average molecular weight is 278 g/mol. The minimum absolute atomic E-state index is 0.139. The third-order valence-corrected chi connectivity index (χ3v) is 3.41. The number of aliphatic carboxylic acids is 1. The van der Waals surface area contributed by atoms with Gasteiger partial charge in [0.25, 0.3) is 0 Å². The molecular weight excluding hydrogens is 256 g/mol. The van der Waals surface area contributed by atoms with Crippen LogP contribution >= 0.6 is 0 Å². The summed E-state index contributed by atoms with van der Waals surface area (Å²) in [6, 6.07) is 7.77. The summed E-state index contributed by atoms with van der Waals surface area (Å²) in [6.45, 7) is 3.68. The Kier molecular flexibility index (Phi) is 6.18. The van der Waals surface area contributed by atoms with Crippen LogP contribution in [0.3, 0.4) is 0 Å². The number of carboxylic acid groups (broad SMARTS) is 1. The number of rotatable bonds is 7. The van der Waals surface area contributed by atoms with Gasteiger partial charge in [-0.3, -0.25) is 4.79 Å². The van der Waals surface area contributed by atoms with E-state index >= 15 is 0 Å². The second kappa shape index (κ2) is 7.65. The van der Waals surface area contributed by atoms with Crippen molar-refractivity contribution in [3.8, 4) is 0 Å². The molecule has 0 aliphatic heterocycles. The van der Waals surface area contributed by atoms with E-state index in [0.29, 0.717) is 12.8 Å². The molecule has 0 heterocycles. The van der Waals surface area contributed by atoms with Crippen molar-refractivity contribution in [2.45, 2.75) is 38.8 Å². The van der Waals surface area contributed by atoms with Gasteiger partial charge in [-0.1, -0.05) is 50.6 Å². The molecule has 0 bridgehead atoms. The zero-order valence-corrected chi connectivity index (χ0v) is 11.9. The molecule has 1 rings (SSSR count). The Morgan fingerprint density at radius 2 is 1.90 bits per heavy atom. The van der Waals surface area contributed by atoms with Gasteiger partial charge in [-0.25, -0.2) is 4.79 Å². The summed E-state index contributed by atoms with van der Waals surface area (Å²) in [5.41, 5.74) is 6.78. The number of hydrogen-bond acceptors (Lipinski definition) is 3. The van der Waals surface area contributed by atoms with Crippen LogP contribution in [0.15, 0.2) is 30.3 Å². The van der Waals surface area contributed by atoms with Crippen LogP contribution in [-0.4, -0.2) is 29.1 Å². The molecule has 4 N–H and O–H groups in total. The summed E-state index contributed by atoms with van der Waals surface area (Å²) >= 11 is 0. The molecule has 1 unspecified atom stereocenters. The Labute approximate surface area is 119 Å². The number of amides is 1. The van der Waals surface area contributed by atoms with E-state index in [9.17, 15) is 9.59 Å². The summed E-state index contributed by atoms with van der Waals surface area (Å²) in [7, 11) is 0. The molecule has 0 aromatic heterocycles. The van der Waals surface area contributed by atoms with E-state index in [2.05, 4.69) is 5.32 Å². The predicted molar refractivity (Wildman–Crippen MR) is 77.1 cm³/mol. The molecule has 0 aliphatic carbocycles. The highest BCUT2D eigenvalue weighted by Gasteiger charge is 2.27. The Hall–Kier alpha value is -1.88. The largest absolute Gasteiger partial charge is 0.480 e. The van der Waals surface area contributed by atoms with Crippen LogP contribution in [0.5, 0.6) is 0 Å². The molecule has 0 aliphatic rings. The lowest BCUT2D eigenvalue weighted by molar-refractivity contribution is -0.143. The monoisotopic (exact) mass is 278 g/mol. The van der Waals surface area contributed by atoms with Gasteiger partial charge in [0.1, 0.15) is 6.04 Å². The highest BCUT2D eigenvalue weighted by Crippen LogP contribution is 2.09. The smallest absolute Gasteiger partial charge is 0.326 e. The molecule has 0 spiro atoms. The van der Waals surface area contributed by atoms with Gasteiger partial charge in [0.15, 0.2) is 0 Å². The van der Waals surface area contributed by atoms with Gasteiger partial charge in [-0.2, -0.15) is 0 Å². The van der Waals surface area contributed by atoms with Crippen LogP contribution in [0.1, 0.15) is 25.8 Å². The highest BCUT2D eigenvalue weighted by atomic mass is 16.4. The van der Waals surface area contributed by atoms with Crippen LogP contribution in [0.2, 0.25) is 0 Å². The maximum atomic E-state index is 12.0. The summed E-state index contributed by atoms with van der Waals surface area (Å²) in [4.78, 5) is 23.1. The first kappa shape index (κ1) is 16.2. The lowest BCUT2D eigenvalue weighted by Crippen LogP contribution is -2.51. The number of hydrogen-bond donors (Lipinski definition) is 3. The third kappa shape index (κ3) is 4.66. The van der Waals surface area contributed by atoms with Crippen molar-refractivity contribution in [3.05, 3.63) is 35.9 Å². The van der Waals surface area contributed by atoms with Crippen molar-refractivity contribution in [1.29, 1.82) is 0 Å². The SMILES string of the molecule is CCC(C)[C@H](NC(=O)[C@@H](N)Cc1ccccc1)C(=O)O. The molecule has 1 aromatic carbocycles. The number of carboxylic acids is 1. The quantitative estimate of drug-likeness (QED) is 0.698. The van der Waals surface area contributed by atoms with Gasteiger partial charge in [-0.15, -0.1) is 0 Å². The van der Waals surface area contributed by atoms with Crippen LogP contribution in [-0.2, 0) is 16.0 Å². The van der Waals surface area contributed by atoms with Gasteiger partial charge in [0, 0.05) is 0 Å². The van der Waals surface area contributed by atoms with E-state index in [1.54, 1.807) is 6.92 Å². The Morgan fingerprint density at radius 3 is 2.40 bits per heavy atom. The molecule has 5 nitrogen and oxygen atoms in total. The summed E-state index contributed by atoms with van der Waals surface area (Å²) < 4.78 is 0. The fourth-order valence-electron chi connectivity index (χ4n) is 1.90. The molecule has 0 fully saturated rings. The van der Waals surface area contributed by atoms with Crippen molar-refractivity contribution in [2.75, 3.05) is 0 Å². The van der Waals surface area contributed by atoms with Gasteiger partial charge in [0.2, 0.25) is 5.91 Å². The minimum atomic E-state index is -1.03. The van der Waals surface area contributed by atoms with E-state index in [1.807, 2.05) is 37.3 Å². The van der Waals surface area contributed by atoms with E-state index in [1.165, 1.54) is 0 Å². The fourth-order valence-corrected chi connectivity index (χ4v) is 1.90. The number of nitrogens with two attached hydrogens (primary N) is 1. The minimum Gasteiger partial charge on any atom is -0.480 e. The van der Waals surface area contributed by atoms with Crippen LogP contribution in [0.4, 0.5) is 0 Å². The number of nitrogens with one attached hydrogen (secondary N) is 1. The first-order valence-electron chi connectivity index (χ1n) is 6.78. The molecule has 20 heavy (non-hydrogen) atoms. The fraction of sp³-hybridized carbons (Fsp3) is 0.467. The normalized spacial score (nSPS) is 15.2. The molecule has 5 heteroatoms. The van der Waals surface area contributed by atoms with Gasteiger partial charge >= 0.3 is 5.97 Å². The Balaban J connectivity index is 2.62. The van der Waals surface area contributed by atoms with Crippen LogP contribution in [0, 0.1) is 5.92 Å². The maximum Gasteiger partial charge on any atom is 0.326 e. The zero-order chi connectivity index (χ0) is 15.1. The standard InChI is InChI=1S/C15H22N2O3/c1-3-10(2)13(15(19)20)17-14(18)12(16)9-11-7-5-4-6-8-11/h4-8,10,12-13H,3,9,16H2,1-2H3,(H,17,18)(H,19,20)/t10?,12-,13-/m0/s1. The number of carbonyl (C=O) groups excluding carboxylic acids is 1. The molecule has 1 amide bonds. The Morgan fingerprint density at radius 1 is 1.30 bits per heavy atom. The zero-order valence-electron chi connectivity index (χ0n) is 11.9. The summed E-state index contributed by atoms with van der Waals surface area (Å²) in [6.07, 6.45) is 1.06. The highest BCUT2D eigenvalue weighted by molar-refractivity contribution is 5.87. The maximum absolute atomic E-state index is 12.0. The lowest BCUT2D eigenvalue weighted by atomic mass is 9.98. The van der Waals surface area contributed by atoms with Gasteiger partial charge in [0.05, 0.1) is 6.04 Å². The molecule has 0 saturated carbocycles. The summed E-state index contributed by atoms with van der Waals surface area (Å²) in [5.74, 6) is -1.60. The predicted octanol–water partition coefficient (Wildman–Crippen LogP) is 1.17. The van der Waals surface area contributed by atoms with E-state index in [0.717, 1.165) is 5.56 Å². The number of carbonyl (C=O) groups is 2. The van der Waals surface area contributed by atoms with Crippen molar-refractivity contribution in [3.63, 3.8) is 0 Å². The first-order valence-corrected chi connectivity index (χ1v) is 6.78. The van der Waals surface area contributed by atoms with Crippen molar-refractivity contribution in [1.82, 2.24) is 5.32 Å². The third-order valence-electron chi connectivity index (χ3n) is 3.41. The summed E-state index contributed by atoms with van der Waals surface area (Å²) in [5, 5.41) is 11.7. The molecule has 3 atom stereocenters. The first-order chi connectivity index (χ1) is 9.45. The second-order valence-corrected chi connectivity index (χ2v) is 5.01. The number of benzene rings is 1. The van der Waals surface area contributed by atoms with Crippen molar-refractivity contribution < 1.29 is 14.7 Å². The van der Waals surface area contributed by atoms with E-state index in [4.69, 9.17) is 10.8 Å². The van der Waals surface area contributed by atoms with Crippen molar-refractivity contribution in [2.24, 2.45) is 11.7 Å². The van der Waals surface area contributed by atoms with Crippen molar-refractivity contribution >= 4 is 11.9 Å². The molecule has 110 valence electrons.